The zero-order valence-electron chi connectivity index (χ0n) is 11.5. The Morgan fingerprint density at radius 1 is 1.20 bits per heavy atom. The number of rotatable bonds is 5. The molecule has 1 heterocycles. The highest BCUT2D eigenvalue weighted by Gasteiger charge is 2.11. The summed E-state index contributed by atoms with van der Waals surface area (Å²) in [6.07, 6.45) is 4.27. The first-order chi connectivity index (χ1) is 9.70. The van der Waals surface area contributed by atoms with E-state index >= 15 is 0 Å². The highest BCUT2D eigenvalue weighted by molar-refractivity contribution is 5.94. The number of nitrogens with zero attached hydrogens (tertiary/aromatic N) is 1. The molecule has 2 rings (SSSR count). The monoisotopic (exact) mass is 269 g/mol. The minimum atomic E-state index is -0.0754. The van der Waals surface area contributed by atoms with Gasteiger partial charge in [0.15, 0.2) is 0 Å². The standard InChI is InChI=1S/C16H19N3O/c1-12(14-7-10-18-11-8-14)19-16(20)15-4-2-13(3-5-15)6-9-17/h2-5,7-8,10-12H,6,9,17H2,1H3,(H,19,20). The smallest absolute Gasteiger partial charge is 0.251 e. The van der Waals surface area contributed by atoms with Gasteiger partial charge in [0.2, 0.25) is 0 Å². The molecule has 0 saturated heterocycles. The van der Waals surface area contributed by atoms with Crippen LogP contribution in [0, 0.1) is 0 Å². The second kappa shape index (κ2) is 6.82. The Morgan fingerprint density at radius 3 is 2.45 bits per heavy atom. The van der Waals surface area contributed by atoms with E-state index < -0.39 is 0 Å². The maximum atomic E-state index is 12.1. The SMILES string of the molecule is CC(NC(=O)c1ccc(CCN)cc1)c1ccncc1. The fourth-order valence-corrected chi connectivity index (χ4v) is 2.00. The molecule has 0 aliphatic carbocycles. The van der Waals surface area contributed by atoms with E-state index in [0.29, 0.717) is 12.1 Å². The second-order valence-electron chi connectivity index (χ2n) is 4.71. The molecule has 20 heavy (non-hydrogen) atoms. The third-order valence-corrected chi connectivity index (χ3v) is 3.20. The van der Waals surface area contributed by atoms with Crippen LogP contribution in [0.4, 0.5) is 0 Å². The van der Waals surface area contributed by atoms with Crippen molar-refractivity contribution in [3.05, 3.63) is 65.5 Å². The number of hydrogen-bond acceptors (Lipinski definition) is 3. The lowest BCUT2D eigenvalue weighted by molar-refractivity contribution is 0.0940. The van der Waals surface area contributed by atoms with Gasteiger partial charge in [-0.15, -0.1) is 0 Å². The quantitative estimate of drug-likeness (QED) is 0.873. The van der Waals surface area contributed by atoms with Crippen molar-refractivity contribution in [3.8, 4) is 0 Å². The number of hydrogen-bond donors (Lipinski definition) is 2. The molecule has 1 atom stereocenters. The lowest BCUT2D eigenvalue weighted by Crippen LogP contribution is -2.26. The number of benzene rings is 1. The topological polar surface area (TPSA) is 68.0 Å². The Balaban J connectivity index is 2.01. The van der Waals surface area contributed by atoms with Crippen molar-refractivity contribution in [1.29, 1.82) is 0 Å². The van der Waals surface area contributed by atoms with Gasteiger partial charge in [0.25, 0.3) is 5.91 Å². The minimum absolute atomic E-state index is 0.0470. The highest BCUT2D eigenvalue weighted by atomic mass is 16.1. The number of nitrogens with one attached hydrogen (secondary N) is 1. The molecular formula is C16H19N3O. The second-order valence-corrected chi connectivity index (χ2v) is 4.71. The van der Waals surface area contributed by atoms with Crippen LogP contribution in [0.3, 0.4) is 0 Å². The maximum Gasteiger partial charge on any atom is 0.251 e. The van der Waals surface area contributed by atoms with Gasteiger partial charge >= 0.3 is 0 Å². The largest absolute Gasteiger partial charge is 0.346 e. The van der Waals surface area contributed by atoms with Crippen LogP contribution in [0.15, 0.2) is 48.8 Å². The fourth-order valence-electron chi connectivity index (χ4n) is 2.00. The van der Waals surface area contributed by atoms with Crippen LogP contribution < -0.4 is 11.1 Å². The van der Waals surface area contributed by atoms with E-state index in [1.54, 1.807) is 12.4 Å². The molecule has 2 aromatic rings. The van der Waals surface area contributed by atoms with Crippen molar-refractivity contribution in [2.24, 2.45) is 5.73 Å². The number of nitrogens with two attached hydrogens (primary N) is 1. The summed E-state index contributed by atoms with van der Waals surface area (Å²) in [4.78, 5) is 16.1. The molecule has 0 bridgehead atoms. The van der Waals surface area contributed by atoms with Gasteiger partial charge < -0.3 is 11.1 Å². The summed E-state index contributed by atoms with van der Waals surface area (Å²) in [5, 5.41) is 2.97. The molecule has 3 N–H and O–H groups in total. The Bertz CT molecular complexity index is 552. The predicted molar refractivity (Wildman–Crippen MR) is 79.3 cm³/mol. The molecule has 104 valence electrons. The zero-order chi connectivity index (χ0) is 14.4. The lowest BCUT2D eigenvalue weighted by Gasteiger charge is -2.14. The zero-order valence-corrected chi connectivity index (χ0v) is 11.5. The normalized spacial score (nSPS) is 11.9. The molecule has 0 aliphatic heterocycles. The molecule has 1 aromatic heterocycles. The summed E-state index contributed by atoms with van der Waals surface area (Å²) in [6.45, 7) is 2.57. The lowest BCUT2D eigenvalue weighted by atomic mass is 10.1. The Hall–Kier alpha value is -2.20. The van der Waals surface area contributed by atoms with Crippen LogP contribution in [-0.2, 0) is 6.42 Å². The third-order valence-electron chi connectivity index (χ3n) is 3.20. The van der Waals surface area contributed by atoms with E-state index in [-0.39, 0.29) is 11.9 Å². The molecule has 0 saturated carbocycles. The van der Waals surface area contributed by atoms with E-state index in [1.807, 2.05) is 43.3 Å². The first-order valence-electron chi connectivity index (χ1n) is 6.70. The molecule has 1 aromatic carbocycles. The van der Waals surface area contributed by atoms with Gasteiger partial charge in [0.05, 0.1) is 6.04 Å². The minimum Gasteiger partial charge on any atom is -0.346 e. The van der Waals surface area contributed by atoms with E-state index in [2.05, 4.69) is 10.3 Å². The van der Waals surface area contributed by atoms with Crippen LogP contribution in [0.2, 0.25) is 0 Å². The molecule has 4 nitrogen and oxygen atoms in total. The van der Waals surface area contributed by atoms with Crippen LogP contribution in [0.25, 0.3) is 0 Å². The maximum absolute atomic E-state index is 12.1. The van der Waals surface area contributed by atoms with Crippen molar-refractivity contribution in [2.75, 3.05) is 6.54 Å². The molecule has 0 fully saturated rings. The number of carbonyl (C=O) groups excluding carboxylic acids is 1. The summed E-state index contributed by atoms with van der Waals surface area (Å²) in [5.74, 6) is -0.0754. The molecule has 4 heteroatoms. The van der Waals surface area contributed by atoms with E-state index in [4.69, 9.17) is 5.73 Å². The third kappa shape index (κ3) is 3.65. The summed E-state index contributed by atoms with van der Waals surface area (Å²) in [7, 11) is 0. The van der Waals surface area contributed by atoms with Crippen LogP contribution in [0.5, 0.6) is 0 Å². The molecule has 0 radical (unpaired) electrons. The van der Waals surface area contributed by atoms with Crippen molar-refractivity contribution in [2.45, 2.75) is 19.4 Å². The first-order valence-corrected chi connectivity index (χ1v) is 6.70. The first kappa shape index (κ1) is 14.2. The van der Waals surface area contributed by atoms with Crippen molar-refractivity contribution < 1.29 is 4.79 Å². The molecule has 0 aliphatic rings. The van der Waals surface area contributed by atoms with Crippen molar-refractivity contribution in [1.82, 2.24) is 10.3 Å². The summed E-state index contributed by atoms with van der Waals surface area (Å²) >= 11 is 0. The molecular weight excluding hydrogens is 250 g/mol. The number of pyridine rings is 1. The van der Waals surface area contributed by atoms with E-state index in [0.717, 1.165) is 17.5 Å². The number of carbonyl (C=O) groups is 1. The van der Waals surface area contributed by atoms with Gasteiger partial charge in [-0.05, 0) is 55.3 Å². The average molecular weight is 269 g/mol. The Kier molecular flexibility index (Phi) is 4.85. The van der Waals surface area contributed by atoms with E-state index in [1.165, 1.54) is 0 Å². The summed E-state index contributed by atoms with van der Waals surface area (Å²) in [6, 6.07) is 11.3. The van der Waals surface area contributed by atoms with Crippen molar-refractivity contribution >= 4 is 5.91 Å². The fraction of sp³-hybridized carbons (Fsp3) is 0.250. The molecule has 0 spiro atoms. The summed E-state index contributed by atoms with van der Waals surface area (Å²) in [5.41, 5.74) is 8.34. The van der Waals surface area contributed by atoms with Gasteiger partial charge in [-0.1, -0.05) is 12.1 Å². The van der Waals surface area contributed by atoms with Crippen LogP contribution >= 0.6 is 0 Å². The molecule has 1 amide bonds. The van der Waals surface area contributed by atoms with Crippen LogP contribution in [0.1, 0.15) is 34.5 Å². The van der Waals surface area contributed by atoms with Gasteiger partial charge in [-0.3, -0.25) is 9.78 Å². The summed E-state index contributed by atoms with van der Waals surface area (Å²) < 4.78 is 0. The number of aromatic nitrogens is 1. The van der Waals surface area contributed by atoms with Crippen molar-refractivity contribution in [3.63, 3.8) is 0 Å². The molecule has 1 unspecified atom stereocenters. The Labute approximate surface area is 119 Å². The highest BCUT2D eigenvalue weighted by Crippen LogP contribution is 2.12. The van der Waals surface area contributed by atoms with Gasteiger partial charge in [0.1, 0.15) is 0 Å². The average Bonchev–Trinajstić information content (AvgIpc) is 2.49. The van der Waals surface area contributed by atoms with E-state index in [9.17, 15) is 4.79 Å². The van der Waals surface area contributed by atoms with Gasteiger partial charge in [-0.2, -0.15) is 0 Å². The van der Waals surface area contributed by atoms with Gasteiger partial charge in [0, 0.05) is 18.0 Å². The van der Waals surface area contributed by atoms with Gasteiger partial charge in [-0.25, -0.2) is 0 Å². The Morgan fingerprint density at radius 2 is 1.85 bits per heavy atom. The number of amides is 1. The predicted octanol–water partition coefficient (Wildman–Crippen LogP) is 2.07. The van der Waals surface area contributed by atoms with Crippen LogP contribution in [-0.4, -0.2) is 17.4 Å².